The molecule has 0 unspecified atom stereocenters. The van der Waals surface area contributed by atoms with Crippen LogP contribution in [0, 0.1) is 0 Å². The highest BCUT2D eigenvalue weighted by Gasteiger charge is 2.08. The van der Waals surface area contributed by atoms with Crippen LogP contribution in [0.15, 0.2) is 40.2 Å². The molecule has 1 aromatic heterocycles. The molecular weight excluding hydrogens is 324 g/mol. The summed E-state index contributed by atoms with van der Waals surface area (Å²) in [5, 5.41) is 15.8. The molecule has 0 atom stereocenters. The van der Waals surface area contributed by atoms with Crippen molar-refractivity contribution in [2.24, 2.45) is 10.9 Å². The van der Waals surface area contributed by atoms with Gasteiger partial charge >= 0.3 is 0 Å². The van der Waals surface area contributed by atoms with Gasteiger partial charge in [0, 0.05) is 16.6 Å². The minimum atomic E-state index is 0.0409. The van der Waals surface area contributed by atoms with Gasteiger partial charge in [-0.2, -0.15) is 5.10 Å². The number of rotatable bonds is 5. The highest BCUT2D eigenvalue weighted by molar-refractivity contribution is 9.10. The summed E-state index contributed by atoms with van der Waals surface area (Å²) in [5.41, 5.74) is 6.15. The van der Waals surface area contributed by atoms with E-state index in [9.17, 15) is 0 Å². The first-order chi connectivity index (χ1) is 9.63. The van der Waals surface area contributed by atoms with Gasteiger partial charge in [-0.3, -0.25) is 4.68 Å². The molecule has 0 saturated heterocycles. The van der Waals surface area contributed by atoms with Gasteiger partial charge in [0.05, 0.1) is 12.4 Å². The zero-order chi connectivity index (χ0) is 14.5. The second-order valence-corrected chi connectivity index (χ2v) is 5.02. The molecule has 0 bridgehead atoms. The Bertz CT molecular complexity index is 625. The van der Waals surface area contributed by atoms with Crippen LogP contribution in [0.4, 0.5) is 0 Å². The number of aryl methyl sites for hydroxylation is 1. The zero-order valence-electron chi connectivity index (χ0n) is 11.0. The molecule has 2 aromatic rings. The Kier molecular flexibility index (Phi) is 4.62. The molecule has 6 nitrogen and oxygen atoms in total. The van der Waals surface area contributed by atoms with Gasteiger partial charge in [0.1, 0.15) is 5.75 Å². The Morgan fingerprint density at radius 3 is 2.95 bits per heavy atom. The Morgan fingerprint density at radius 1 is 1.50 bits per heavy atom. The van der Waals surface area contributed by atoms with Gasteiger partial charge in [0.2, 0.25) is 0 Å². The minimum Gasteiger partial charge on any atom is -0.454 e. The van der Waals surface area contributed by atoms with Crippen molar-refractivity contribution in [2.45, 2.75) is 19.9 Å². The SMILES string of the molecule is CCCn1cc(Oc2ccc(/C(N)=N/O)c(Br)c2)cn1. The first-order valence-electron chi connectivity index (χ1n) is 6.11. The molecule has 3 N–H and O–H groups in total. The number of nitrogens with zero attached hydrogens (tertiary/aromatic N) is 3. The van der Waals surface area contributed by atoms with Crippen molar-refractivity contribution in [1.29, 1.82) is 0 Å². The second kappa shape index (κ2) is 6.42. The standard InChI is InChI=1S/C13H15BrN4O2/c1-2-5-18-8-10(7-16-18)20-9-3-4-11(12(14)6-9)13(15)17-19/h3-4,6-8,19H,2,5H2,1H3,(H2,15,17). The molecule has 0 spiro atoms. The van der Waals surface area contributed by atoms with Crippen LogP contribution in [0.2, 0.25) is 0 Å². The molecule has 0 aliphatic heterocycles. The topological polar surface area (TPSA) is 85.7 Å². The molecule has 20 heavy (non-hydrogen) atoms. The lowest BCUT2D eigenvalue weighted by Gasteiger charge is -2.06. The highest BCUT2D eigenvalue weighted by Crippen LogP contribution is 2.26. The predicted molar refractivity (Wildman–Crippen MR) is 79.2 cm³/mol. The fraction of sp³-hybridized carbons (Fsp3) is 0.231. The molecule has 0 aliphatic rings. The summed E-state index contributed by atoms with van der Waals surface area (Å²) in [6.07, 6.45) is 4.52. The van der Waals surface area contributed by atoms with Gasteiger partial charge in [-0.1, -0.05) is 12.1 Å². The Morgan fingerprint density at radius 2 is 2.30 bits per heavy atom. The van der Waals surface area contributed by atoms with E-state index in [1.165, 1.54) is 0 Å². The van der Waals surface area contributed by atoms with Crippen molar-refractivity contribution >= 4 is 21.8 Å². The molecule has 1 heterocycles. The van der Waals surface area contributed by atoms with Crippen LogP contribution in [0.1, 0.15) is 18.9 Å². The number of nitrogens with two attached hydrogens (primary N) is 1. The number of ether oxygens (including phenoxy) is 1. The van der Waals surface area contributed by atoms with Gasteiger partial charge in [0.15, 0.2) is 11.6 Å². The zero-order valence-corrected chi connectivity index (χ0v) is 12.5. The minimum absolute atomic E-state index is 0.0409. The van der Waals surface area contributed by atoms with Crippen LogP contribution >= 0.6 is 15.9 Å². The maximum Gasteiger partial charge on any atom is 0.171 e. The van der Waals surface area contributed by atoms with E-state index in [0.29, 0.717) is 21.5 Å². The fourth-order valence-corrected chi connectivity index (χ4v) is 2.27. The largest absolute Gasteiger partial charge is 0.454 e. The first-order valence-corrected chi connectivity index (χ1v) is 6.91. The van der Waals surface area contributed by atoms with E-state index >= 15 is 0 Å². The monoisotopic (exact) mass is 338 g/mol. The average Bonchev–Trinajstić information content (AvgIpc) is 2.86. The molecular formula is C13H15BrN4O2. The van der Waals surface area contributed by atoms with Crippen molar-refractivity contribution in [2.75, 3.05) is 0 Å². The summed E-state index contributed by atoms with van der Waals surface area (Å²) in [6.45, 7) is 2.95. The Labute approximate surface area is 125 Å². The summed E-state index contributed by atoms with van der Waals surface area (Å²) in [6, 6.07) is 5.21. The second-order valence-electron chi connectivity index (χ2n) is 4.17. The number of hydrogen-bond acceptors (Lipinski definition) is 4. The third-order valence-electron chi connectivity index (χ3n) is 2.62. The first kappa shape index (κ1) is 14.4. The quantitative estimate of drug-likeness (QED) is 0.380. The van der Waals surface area contributed by atoms with Crippen molar-refractivity contribution in [3.8, 4) is 11.5 Å². The van der Waals surface area contributed by atoms with E-state index in [4.69, 9.17) is 15.7 Å². The van der Waals surface area contributed by atoms with Gasteiger partial charge < -0.3 is 15.7 Å². The Balaban J connectivity index is 2.15. The van der Waals surface area contributed by atoms with Gasteiger partial charge in [-0.05, 0) is 40.5 Å². The summed E-state index contributed by atoms with van der Waals surface area (Å²) in [4.78, 5) is 0. The molecule has 0 aliphatic carbocycles. The number of amidine groups is 1. The highest BCUT2D eigenvalue weighted by atomic mass is 79.9. The van der Waals surface area contributed by atoms with Crippen LogP contribution in [0.3, 0.4) is 0 Å². The van der Waals surface area contributed by atoms with Crippen molar-refractivity contribution in [3.63, 3.8) is 0 Å². The molecule has 1 aromatic carbocycles. The van der Waals surface area contributed by atoms with E-state index in [0.717, 1.165) is 13.0 Å². The van der Waals surface area contributed by atoms with Gasteiger partial charge in [-0.25, -0.2) is 0 Å². The van der Waals surface area contributed by atoms with E-state index in [1.54, 1.807) is 24.4 Å². The number of halogens is 1. The van der Waals surface area contributed by atoms with E-state index in [2.05, 4.69) is 33.1 Å². The lowest BCUT2D eigenvalue weighted by atomic mass is 10.2. The van der Waals surface area contributed by atoms with E-state index < -0.39 is 0 Å². The van der Waals surface area contributed by atoms with Crippen LogP contribution < -0.4 is 10.5 Å². The maximum absolute atomic E-state index is 8.67. The lowest BCUT2D eigenvalue weighted by molar-refractivity contribution is 0.318. The fourth-order valence-electron chi connectivity index (χ4n) is 1.71. The number of oxime groups is 1. The number of hydrogen-bond donors (Lipinski definition) is 2. The third kappa shape index (κ3) is 3.30. The van der Waals surface area contributed by atoms with Crippen molar-refractivity contribution in [1.82, 2.24) is 9.78 Å². The van der Waals surface area contributed by atoms with E-state index in [-0.39, 0.29) is 5.84 Å². The average molecular weight is 339 g/mol. The molecule has 0 radical (unpaired) electrons. The lowest BCUT2D eigenvalue weighted by Crippen LogP contribution is -2.13. The van der Waals surface area contributed by atoms with Crippen LogP contribution in [0.5, 0.6) is 11.5 Å². The van der Waals surface area contributed by atoms with Crippen LogP contribution in [-0.2, 0) is 6.54 Å². The molecule has 0 amide bonds. The Hall–Kier alpha value is -2.02. The normalized spacial score (nSPS) is 11.6. The van der Waals surface area contributed by atoms with Crippen molar-refractivity contribution in [3.05, 3.63) is 40.6 Å². The van der Waals surface area contributed by atoms with Crippen LogP contribution in [0.25, 0.3) is 0 Å². The molecule has 106 valence electrons. The van der Waals surface area contributed by atoms with Crippen molar-refractivity contribution < 1.29 is 9.94 Å². The molecule has 0 saturated carbocycles. The smallest absolute Gasteiger partial charge is 0.171 e. The number of aromatic nitrogens is 2. The van der Waals surface area contributed by atoms with Gasteiger partial charge in [0.25, 0.3) is 0 Å². The predicted octanol–water partition coefficient (Wildman–Crippen LogP) is 2.94. The summed E-state index contributed by atoms with van der Waals surface area (Å²) in [5.74, 6) is 1.35. The third-order valence-corrected chi connectivity index (χ3v) is 3.28. The summed E-state index contributed by atoms with van der Waals surface area (Å²) >= 11 is 3.36. The molecule has 0 fully saturated rings. The number of benzene rings is 1. The molecule has 7 heteroatoms. The maximum atomic E-state index is 8.67. The molecule has 2 rings (SSSR count). The van der Waals surface area contributed by atoms with Crippen LogP contribution in [-0.4, -0.2) is 20.8 Å². The van der Waals surface area contributed by atoms with E-state index in [1.807, 2.05) is 10.9 Å². The van der Waals surface area contributed by atoms with Gasteiger partial charge in [-0.15, -0.1) is 0 Å². The summed E-state index contributed by atoms with van der Waals surface area (Å²) < 4.78 is 8.21. The summed E-state index contributed by atoms with van der Waals surface area (Å²) in [7, 11) is 0.